The number of nitrogens with zero attached hydrogens (tertiary/aromatic N) is 4. The largest absolute Gasteiger partial charge is 0.480 e. The fourth-order valence-corrected chi connectivity index (χ4v) is 5.33. The summed E-state index contributed by atoms with van der Waals surface area (Å²) in [4.78, 5) is 36.3. The van der Waals surface area contributed by atoms with Crippen molar-refractivity contribution < 1.29 is 27.9 Å². The molecule has 0 saturated carbocycles. The number of nitrogens with one attached hydrogen (secondary N) is 1. The number of carbonyl (C=O) groups is 2. The lowest BCUT2D eigenvalue weighted by atomic mass is 9.90. The summed E-state index contributed by atoms with van der Waals surface area (Å²) in [6.07, 6.45) is 1.23. The monoisotopic (exact) mass is 575 g/mol. The van der Waals surface area contributed by atoms with Crippen LogP contribution in [-0.4, -0.2) is 59.3 Å². The maximum absolute atomic E-state index is 14.0. The fraction of sp³-hybridized carbons (Fsp3) is 0.290. The van der Waals surface area contributed by atoms with Gasteiger partial charge in [-0.2, -0.15) is 10.2 Å². The van der Waals surface area contributed by atoms with Gasteiger partial charge in [0.25, 0.3) is 5.91 Å². The molecule has 4 aromatic rings. The average molecular weight is 576 g/mol. The van der Waals surface area contributed by atoms with Gasteiger partial charge in [-0.3, -0.25) is 14.4 Å². The Balaban J connectivity index is 1.47. The van der Waals surface area contributed by atoms with Gasteiger partial charge in [-0.1, -0.05) is 24.3 Å². The van der Waals surface area contributed by atoms with Gasteiger partial charge in [0.05, 0.1) is 24.2 Å². The van der Waals surface area contributed by atoms with Crippen LogP contribution < -0.4 is 10.1 Å². The molecule has 0 aliphatic carbocycles. The molecule has 9 nitrogen and oxygen atoms in total. The first-order chi connectivity index (χ1) is 20.2. The molecule has 11 heteroatoms. The van der Waals surface area contributed by atoms with E-state index in [0.717, 1.165) is 23.4 Å². The number of ether oxygens (including phenoxy) is 1. The number of rotatable bonds is 9. The molecule has 2 aromatic heterocycles. The SMILES string of the molecule is CNC(=O)c1cc(-c2nn(-c3ccccc3)c(CC(=O)C[C@@H]3CN(C)O[C@H]3c3ccc(F)c(F)c3)c2C)cnc1OC. The minimum absolute atomic E-state index is 0.0582. The van der Waals surface area contributed by atoms with Crippen LogP contribution in [0.3, 0.4) is 0 Å². The van der Waals surface area contributed by atoms with Crippen molar-refractivity contribution in [3.8, 4) is 22.8 Å². The summed E-state index contributed by atoms with van der Waals surface area (Å²) in [6, 6.07) is 14.8. The maximum atomic E-state index is 14.0. The molecular weight excluding hydrogens is 544 g/mol. The molecule has 0 unspecified atom stereocenters. The molecule has 0 radical (unpaired) electrons. The molecule has 1 N–H and O–H groups in total. The van der Waals surface area contributed by atoms with Gasteiger partial charge in [-0.25, -0.2) is 18.4 Å². The zero-order valence-corrected chi connectivity index (χ0v) is 23.7. The van der Waals surface area contributed by atoms with E-state index in [2.05, 4.69) is 10.3 Å². The number of hydroxylamine groups is 2. The van der Waals surface area contributed by atoms with Gasteiger partial charge < -0.3 is 10.1 Å². The Bertz CT molecular complexity index is 1630. The topological polar surface area (TPSA) is 98.6 Å². The number of benzene rings is 2. The lowest BCUT2D eigenvalue weighted by Gasteiger charge is -2.17. The van der Waals surface area contributed by atoms with Crippen molar-refractivity contribution in [1.29, 1.82) is 0 Å². The highest BCUT2D eigenvalue weighted by atomic mass is 19.2. The summed E-state index contributed by atoms with van der Waals surface area (Å²) in [6.45, 7) is 2.34. The van der Waals surface area contributed by atoms with E-state index in [0.29, 0.717) is 29.1 Å². The average Bonchev–Trinajstić information content (AvgIpc) is 3.52. The normalized spacial score (nSPS) is 16.9. The Hall–Kier alpha value is -4.48. The summed E-state index contributed by atoms with van der Waals surface area (Å²) < 4.78 is 34.5. The Morgan fingerprint density at radius 2 is 1.88 bits per heavy atom. The van der Waals surface area contributed by atoms with Gasteiger partial charge in [0.2, 0.25) is 5.88 Å². The van der Waals surface area contributed by atoms with Crippen LogP contribution in [-0.2, 0) is 16.1 Å². The van der Waals surface area contributed by atoms with Crippen molar-refractivity contribution in [1.82, 2.24) is 25.1 Å². The Labute approximate surface area is 242 Å². The Morgan fingerprint density at radius 3 is 2.57 bits per heavy atom. The molecule has 2 atom stereocenters. The van der Waals surface area contributed by atoms with Crippen LogP contribution >= 0.6 is 0 Å². The summed E-state index contributed by atoms with van der Waals surface area (Å²) >= 11 is 0. The van der Waals surface area contributed by atoms with E-state index in [1.807, 2.05) is 37.3 Å². The first-order valence-corrected chi connectivity index (χ1v) is 13.4. The van der Waals surface area contributed by atoms with Crippen LogP contribution in [0.4, 0.5) is 8.78 Å². The lowest BCUT2D eigenvalue weighted by Crippen LogP contribution is -2.19. The standard InChI is InChI=1S/C31H31F2N5O4/c1-18-27(15-23(39)12-21-17-37(3)42-29(21)19-10-11-25(32)26(33)14-19)38(22-8-6-5-7-9-22)36-28(18)20-13-24(30(40)34-2)31(41-4)35-16-20/h5-11,13-14,16,21,29H,12,15,17H2,1-4H3,(H,34,40)/t21-,29+/m1/s1. The molecule has 2 aromatic carbocycles. The number of hydrogen-bond acceptors (Lipinski definition) is 7. The molecule has 1 amide bonds. The van der Waals surface area contributed by atoms with Crippen LogP contribution in [0.2, 0.25) is 0 Å². The van der Waals surface area contributed by atoms with E-state index >= 15 is 0 Å². The van der Waals surface area contributed by atoms with Gasteiger partial charge in [0, 0.05) is 51.2 Å². The van der Waals surface area contributed by atoms with Crippen LogP contribution in [0.5, 0.6) is 5.88 Å². The number of amides is 1. The predicted octanol–water partition coefficient (Wildman–Crippen LogP) is 4.63. The first kappa shape index (κ1) is 29.0. The summed E-state index contributed by atoms with van der Waals surface area (Å²) in [5.74, 6) is -2.38. The number of carbonyl (C=O) groups excluding carboxylic acids is 2. The van der Waals surface area contributed by atoms with Crippen LogP contribution in [0.1, 0.15) is 39.7 Å². The third-order valence-corrected chi connectivity index (χ3v) is 7.37. The zero-order chi connectivity index (χ0) is 30.0. The summed E-state index contributed by atoms with van der Waals surface area (Å²) in [5, 5.41) is 9.06. The van der Waals surface area contributed by atoms with Crippen molar-refractivity contribution in [2.24, 2.45) is 5.92 Å². The van der Waals surface area contributed by atoms with Crippen LogP contribution in [0.25, 0.3) is 16.9 Å². The van der Waals surface area contributed by atoms with Crippen LogP contribution in [0.15, 0.2) is 60.8 Å². The number of ketones is 1. The Kier molecular flexibility index (Phi) is 8.41. The molecular formula is C31H31F2N5O4. The second kappa shape index (κ2) is 12.2. The molecule has 1 saturated heterocycles. The molecule has 0 spiro atoms. The van der Waals surface area contributed by atoms with E-state index in [-0.39, 0.29) is 41.9 Å². The number of methoxy groups -OCH3 is 1. The second-order valence-corrected chi connectivity index (χ2v) is 10.2. The highest BCUT2D eigenvalue weighted by Crippen LogP contribution is 2.37. The minimum Gasteiger partial charge on any atom is -0.480 e. The first-order valence-electron chi connectivity index (χ1n) is 13.4. The molecule has 42 heavy (non-hydrogen) atoms. The molecule has 1 aliphatic rings. The van der Waals surface area contributed by atoms with Crippen molar-refractivity contribution >= 4 is 11.7 Å². The number of Topliss-reactive ketones (excluding diaryl/α,β-unsaturated/α-hetero) is 1. The van der Waals surface area contributed by atoms with Crippen molar-refractivity contribution in [3.63, 3.8) is 0 Å². The highest BCUT2D eigenvalue weighted by molar-refractivity contribution is 5.97. The van der Waals surface area contributed by atoms with Gasteiger partial charge in [0.1, 0.15) is 17.5 Å². The van der Waals surface area contributed by atoms with E-state index < -0.39 is 17.7 Å². The number of hydrogen-bond donors (Lipinski definition) is 1. The second-order valence-electron chi connectivity index (χ2n) is 10.2. The molecule has 218 valence electrons. The quantitative estimate of drug-likeness (QED) is 0.311. The van der Waals surface area contributed by atoms with Crippen molar-refractivity contribution in [2.45, 2.75) is 25.9 Å². The summed E-state index contributed by atoms with van der Waals surface area (Å²) in [5.41, 5.74) is 4.13. The van der Waals surface area contributed by atoms with Crippen molar-refractivity contribution in [3.05, 3.63) is 94.8 Å². The number of halogens is 2. The molecule has 0 bridgehead atoms. The predicted molar refractivity (Wildman–Crippen MR) is 151 cm³/mol. The zero-order valence-electron chi connectivity index (χ0n) is 23.7. The number of pyridine rings is 1. The molecule has 1 aliphatic heterocycles. The fourth-order valence-electron chi connectivity index (χ4n) is 5.33. The molecule has 5 rings (SSSR count). The minimum atomic E-state index is -0.960. The van der Waals surface area contributed by atoms with E-state index in [1.165, 1.54) is 20.2 Å². The maximum Gasteiger partial charge on any atom is 0.256 e. The molecule has 3 heterocycles. The smallest absolute Gasteiger partial charge is 0.256 e. The third kappa shape index (κ3) is 5.79. The van der Waals surface area contributed by atoms with Gasteiger partial charge in [-0.15, -0.1) is 0 Å². The Morgan fingerprint density at radius 1 is 1.12 bits per heavy atom. The highest BCUT2D eigenvalue weighted by Gasteiger charge is 2.36. The van der Waals surface area contributed by atoms with Crippen LogP contribution in [0, 0.1) is 24.5 Å². The lowest BCUT2D eigenvalue weighted by molar-refractivity contribution is -0.132. The van der Waals surface area contributed by atoms with E-state index in [9.17, 15) is 18.4 Å². The van der Waals surface area contributed by atoms with Gasteiger partial charge in [0.15, 0.2) is 11.6 Å². The summed E-state index contributed by atoms with van der Waals surface area (Å²) in [7, 11) is 4.71. The van der Waals surface area contributed by atoms with E-state index in [1.54, 1.807) is 29.1 Å². The van der Waals surface area contributed by atoms with Gasteiger partial charge >= 0.3 is 0 Å². The van der Waals surface area contributed by atoms with Crippen molar-refractivity contribution in [2.75, 3.05) is 27.7 Å². The number of aromatic nitrogens is 3. The van der Waals surface area contributed by atoms with E-state index in [4.69, 9.17) is 14.7 Å². The third-order valence-electron chi connectivity index (χ3n) is 7.37. The molecule has 1 fully saturated rings. The van der Waals surface area contributed by atoms with Gasteiger partial charge in [-0.05, 0) is 48.4 Å². The number of para-hydroxylation sites is 1.